The van der Waals surface area contributed by atoms with E-state index in [2.05, 4.69) is 27.1 Å². The van der Waals surface area contributed by atoms with Crippen LogP contribution in [0.25, 0.3) is 0 Å². The molecule has 3 atom stereocenters. The molecule has 158 valence electrons. The van der Waals surface area contributed by atoms with Gasteiger partial charge in [0.25, 0.3) is 0 Å². The minimum atomic E-state index is -0.740. The lowest BCUT2D eigenvalue weighted by Gasteiger charge is -2.30. The van der Waals surface area contributed by atoms with Crippen molar-refractivity contribution in [2.75, 3.05) is 25.9 Å². The van der Waals surface area contributed by atoms with Gasteiger partial charge in [-0.15, -0.1) is 35.3 Å². The van der Waals surface area contributed by atoms with Gasteiger partial charge in [-0.3, -0.25) is 14.0 Å². The first-order valence-electron chi connectivity index (χ1n) is 9.78. The molecule has 1 fully saturated rings. The molecule has 9 heteroatoms. The Hall–Kier alpha value is -0.680. The van der Waals surface area contributed by atoms with Crippen LogP contribution in [0.3, 0.4) is 0 Å². The van der Waals surface area contributed by atoms with E-state index >= 15 is 0 Å². The molecule has 1 aliphatic carbocycles. The van der Waals surface area contributed by atoms with Crippen LogP contribution in [0.2, 0.25) is 0 Å². The van der Waals surface area contributed by atoms with Crippen molar-refractivity contribution in [1.82, 2.24) is 15.5 Å². The molecule has 2 N–H and O–H groups in total. The lowest BCUT2D eigenvalue weighted by atomic mass is 9.95. The van der Waals surface area contributed by atoms with Crippen LogP contribution in [-0.4, -0.2) is 58.2 Å². The molecular weight excluding hydrogens is 507 g/mol. The van der Waals surface area contributed by atoms with Crippen molar-refractivity contribution in [2.45, 2.75) is 56.9 Å². The van der Waals surface area contributed by atoms with E-state index in [0.717, 1.165) is 44.4 Å². The van der Waals surface area contributed by atoms with Gasteiger partial charge in [0.2, 0.25) is 5.91 Å². The van der Waals surface area contributed by atoms with Gasteiger partial charge in [0.1, 0.15) is 0 Å². The third-order valence-electron chi connectivity index (χ3n) is 5.41. The van der Waals surface area contributed by atoms with E-state index in [1.54, 1.807) is 18.4 Å². The maximum atomic E-state index is 12.6. The first-order chi connectivity index (χ1) is 13.1. The number of carbonyl (C=O) groups is 1. The Balaban J connectivity index is 0.00000280. The van der Waals surface area contributed by atoms with E-state index in [4.69, 9.17) is 0 Å². The number of guanidine groups is 1. The minimum absolute atomic E-state index is 0. The average Bonchev–Trinajstić information content (AvgIpc) is 3.18. The summed E-state index contributed by atoms with van der Waals surface area (Å²) in [6.45, 7) is 3.72. The highest BCUT2D eigenvalue weighted by Crippen LogP contribution is 2.24. The van der Waals surface area contributed by atoms with Crippen LogP contribution in [0.1, 0.15) is 43.0 Å². The highest BCUT2D eigenvalue weighted by Gasteiger charge is 2.26. The number of hydrogen-bond acceptors (Lipinski definition) is 4. The van der Waals surface area contributed by atoms with Gasteiger partial charge in [0, 0.05) is 52.9 Å². The lowest BCUT2D eigenvalue weighted by Crippen LogP contribution is -2.49. The molecule has 3 unspecified atom stereocenters. The maximum absolute atomic E-state index is 12.6. The molecule has 2 heterocycles. The van der Waals surface area contributed by atoms with Crippen molar-refractivity contribution >= 4 is 58.0 Å². The molecule has 1 aromatic rings. The second kappa shape index (κ2) is 11.5. The Labute approximate surface area is 191 Å². The van der Waals surface area contributed by atoms with E-state index in [1.807, 2.05) is 11.8 Å². The normalized spacial score (nSPS) is 23.4. The topological polar surface area (TPSA) is 73.8 Å². The number of rotatable bonds is 5. The van der Waals surface area contributed by atoms with E-state index in [9.17, 15) is 9.00 Å². The molecule has 0 spiro atoms. The number of carbonyl (C=O) groups excluding carboxylic acids is 1. The average molecular weight is 539 g/mol. The van der Waals surface area contributed by atoms with Crippen molar-refractivity contribution in [3.63, 3.8) is 0 Å². The van der Waals surface area contributed by atoms with Gasteiger partial charge in [-0.25, -0.2) is 0 Å². The highest BCUT2D eigenvalue weighted by atomic mass is 127. The zero-order valence-electron chi connectivity index (χ0n) is 16.6. The molecule has 2 aliphatic rings. The molecular formula is C19H31IN4O2S2. The monoisotopic (exact) mass is 538 g/mol. The number of thiophene rings is 1. The fourth-order valence-electron chi connectivity index (χ4n) is 3.87. The van der Waals surface area contributed by atoms with Crippen molar-refractivity contribution in [2.24, 2.45) is 4.99 Å². The Bertz CT molecular complexity index is 710. The first kappa shape index (κ1) is 23.6. The summed E-state index contributed by atoms with van der Waals surface area (Å²) in [6.07, 6.45) is 5.04. The molecule has 1 amide bonds. The van der Waals surface area contributed by atoms with Gasteiger partial charge in [-0.05, 0) is 42.7 Å². The largest absolute Gasteiger partial charge is 0.354 e. The lowest BCUT2D eigenvalue weighted by molar-refractivity contribution is -0.130. The van der Waals surface area contributed by atoms with Gasteiger partial charge < -0.3 is 15.5 Å². The Kier molecular flexibility index (Phi) is 9.68. The summed E-state index contributed by atoms with van der Waals surface area (Å²) in [6, 6.07) is 2.39. The molecule has 1 aromatic heterocycles. The Morgan fingerprint density at radius 2 is 2.25 bits per heavy atom. The van der Waals surface area contributed by atoms with Crippen LogP contribution < -0.4 is 10.6 Å². The predicted molar refractivity (Wildman–Crippen MR) is 128 cm³/mol. The zero-order chi connectivity index (χ0) is 19.2. The van der Waals surface area contributed by atoms with Crippen LogP contribution in [0.4, 0.5) is 0 Å². The standard InChI is InChI=1S/C19H30N4O2S2.HI/c1-3-27(25)16-6-4-5-15(11-16)22-19(20-2)21-12-18(24)23-9-7-17-14(13-23)8-10-26-17;/h8,10,15-16H,3-7,9,11-13H2,1-2H3,(H2,20,21,22);1H. The van der Waals surface area contributed by atoms with Crippen LogP contribution >= 0.6 is 35.3 Å². The quantitative estimate of drug-likeness (QED) is 0.344. The molecule has 3 rings (SSSR count). The fraction of sp³-hybridized carbons (Fsp3) is 0.684. The highest BCUT2D eigenvalue weighted by molar-refractivity contribution is 14.0. The first-order valence-corrected chi connectivity index (χ1v) is 12.0. The number of nitrogens with zero attached hydrogens (tertiary/aromatic N) is 2. The Morgan fingerprint density at radius 3 is 3.00 bits per heavy atom. The summed E-state index contributed by atoms with van der Waals surface area (Å²) in [5.41, 5.74) is 1.28. The Morgan fingerprint density at radius 1 is 1.43 bits per heavy atom. The van der Waals surface area contributed by atoms with Crippen LogP contribution in [0.15, 0.2) is 16.4 Å². The molecule has 6 nitrogen and oxygen atoms in total. The second-order valence-corrected chi connectivity index (χ2v) is 10.2. The fourth-order valence-corrected chi connectivity index (χ4v) is 6.11. The number of hydrogen-bond donors (Lipinski definition) is 2. The van der Waals surface area contributed by atoms with Crippen LogP contribution in [0.5, 0.6) is 0 Å². The number of fused-ring (bicyclic) bond motifs is 1. The number of halogens is 1. The van der Waals surface area contributed by atoms with Gasteiger partial charge >= 0.3 is 0 Å². The minimum Gasteiger partial charge on any atom is -0.354 e. The molecule has 1 aliphatic heterocycles. The predicted octanol–water partition coefficient (Wildman–Crippen LogP) is 2.50. The second-order valence-electron chi connectivity index (χ2n) is 7.16. The van der Waals surface area contributed by atoms with Gasteiger partial charge in [0.05, 0.1) is 6.54 Å². The number of nitrogens with one attached hydrogen (secondary N) is 2. The van der Waals surface area contributed by atoms with Crippen LogP contribution in [-0.2, 0) is 28.6 Å². The molecule has 0 radical (unpaired) electrons. The van der Waals surface area contributed by atoms with Crippen molar-refractivity contribution in [3.8, 4) is 0 Å². The van der Waals surface area contributed by atoms with Crippen molar-refractivity contribution < 1.29 is 9.00 Å². The van der Waals surface area contributed by atoms with E-state index < -0.39 is 10.8 Å². The smallest absolute Gasteiger partial charge is 0.242 e. The summed E-state index contributed by atoms with van der Waals surface area (Å²) < 4.78 is 12.1. The summed E-state index contributed by atoms with van der Waals surface area (Å²) in [7, 11) is 0.985. The molecule has 0 aromatic carbocycles. The summed E-state index contributed by atoms with van der Waals surface area (Å²) in [5, 5.41) is 8.96. The number of aliphatic imine (C=N–C) groups is 1. The van der Waals surface area contributed by atoms with Gasteiger partial charge in [-0.1, -0.05) is 13.3 Å². The maximum Gasteiger partial charge on any atom is 0.242 e. The summed E-state index contributed by atoms with van der Waals surface area (Å²) in [5.74, 6) is 1.48. The molecule has 1 saturated carbocycles. The molecule has 0 saturated heterocycles. The summed E-state index contributed by atoms with van der Waals surface area (Å²) >= 11 is 1.78. The summed E-state index contributed by atoms with van der Waals surface area (Å²) in [4.78, 5) is 20.1. The molecule has 28 heavy (non-hydrogen) atoms. The van der Waals surface area contributed by atoms with E-state index in [1.165, 1.54) is 10.4 Å². The van der Waals surface area contributed by atoms with Crippen molar-refractivity contribution in [1.29, 1.82) is 0 Å². The van der Waals surface area contributed by atoms with E-state index in [0.29, 0.717) is 12.5 Å². The van der Waals surface area contributed by atoms with Crippen LogP contribution in [0, 0.1) is 0 Å². The third kappa shape index (κ3) is 6.16. The van der Waals surface area contributed by atoms with Gasteiger partial charge in [-0.2, -0.15) is 0 Å². The zero-order valence-corrected chi connectivity index (χ0v) is 20.6. The van der Waals surface area contributed by atoms with E-state index in [-0.39, 0.29) is 47.7 Å². The van der Waals surface area contributed by atoms with Crippen molar-refractivity contribution in [3.05, 3.63) is 21.9 Å². The molecule has 0 bridgehead atoms. The SMILES string of the molecule is CCS(=O)C1CCCC(NC(=NC)NCC(=O)N2CCc3sccc3C2)C1.I. The third-order valence-corrected chi connectivity index (χ3v) is 8.18. The van der Waals surface area contributed by atoms with Gasteiger partial charge in [0.15, 0.2) is 5.96 Å². The number of amides is 1.